The van der Waals surface area contributed by atoms with E-state index in [0.717, 1.165) is 12.1 Å². The molecule has 0 heterocycles. The molecule has 1 N–H and O–H groups in total. The number of sulfonamides is 1. The van der Waals surface area contributed by atoms with Gasteiger partial charge in [0.25, 0.3) is 10.0 Å². The Hall–Kier alpha value is -2.68. The number of carbonyl (C=O) groups is 1. The molecule has 2 aromatic carbocycles. The smallest absolute Gasteiger partial charge is 0.426 e. The van der Waals surface area contributed by atoms with Crippen LogP contribution in [0.1, 0.15) is 0 Å². The van der Waals surface area contributed by atoms with Gasteiger partial charge in [-0.15, -0.1) is 0 Å². The van der Waals surface area contributed by atoms with Crippen molar-refractivity contribution in [3.05, 3.63) is 54.6 Å². The summed E-state index contributed by atoms with van der Waals surface area (Å²) in [5.74, 6) is -0.635. The molecule has 0 saturated carbocycles. The summed E-state index contributed by atoms with van der Waals surface area (Å²) in [4.78, 5) is 10.7. The monoisotopic (exact) mass is 343 g/mol. The molecule has 2 aromatic rings. The minimum Gasteiger partial charge on any atom is -0.464 e. The van der Waals surface area contributed by atoms with Gasteiger partial charge in [-0.2, -0.15) is 13.1 Å². The molecule has 0 aliphatic heterocycles. The Bertz CT molecular complexity index is 796. The molecule has 0 atom stereocenters. The maximum Gasteiger partial charge on any atom is 0.426 e. The number of nitrogens with zero attached hydrogens (tertiary/aromatic N) is 1. The van der Waals surface area contributed by atoms with Gasteiger partial charge in [0.15, 0.2) is 0 Å². The molecule has 6 nitrogen and oxygen atoms in total. The number of carboxylic acid groups (broad SMARTS) is 1. The molecule has 1 amide bonds. The molecule has 2 rings (SSSR count). The van der Waals surface area contributed by atoms with Crippen molar-refractivity contribution in [3.63, 3.8) is 0 Å². The number of ether oxygens (including phenoxy) is 1. The number of amides is 1. The Balaban J connectivity index is 2.58. The molecule has 0 spiro atoms. The van der Waals surface area contributed by atoms with E-state index in [1.54, 1.807) is 6.07 Å². The standard InChI is InChI=1S/C14H11F2NO5S/c15-13(16)22-11-8-4-5-9-12(11)23(20,21)17(14(18)19)10-6-2-1-3-7-10/h1-9,13H,(H,18,19). The highest BCUT2D eigenvalue weighted by atomic mass is 32.2. The van der Waals surface area contributed by atoms with Crippen LogP contribution in [0.4, 0.5) is 19.3 Å². The van der Waals surface area contributed by atoms with Crippen LogP contribution in [0, 0.1) is 0 Å². The first-order chi connectivity index (χ1) is 10.8. The zero-order chi connectivity index (χ0) is 17.0. The number of anilines is 1. The molecule has 0 aliphatic rings. The SMILES string of the molecule is O=C(O)N(c1ccccc1)S(=O)(=O)c1ccccc1OC(F)F. The van der Waals surface area contributed by atoms with Crippen LogP contribution < -0.4 is 9.04 Å². The van der Waals surface area contributed by atoms with Gasteiger partial charge in [0.05, 0.1) is 5.69 Å². The fraction of sp³-hybridized carbons (Fsp3) is 0.0714. The first-order valence-corrected chi connectivity index (χ1v) is 7.65. The summed E-state index contributed by atoms with van der Waals surface area (Å²) in [5.41, 5.74) is -0.146. The molecule has 0 aliphatic carbocycles. The van der Waals surface area contributed by atoms with Crippen molar-refractivity contribution in [2.45, 2.75) is 11.5 Å². The number of hydrogen-bond donors (Lipinski definition) is 1. The number of hydrogen-bond acceptors (Lipinski definition) is 4. The zero-order valence-electron chi connectivity index (χ0n) is 11.5. The molecule has 0 bridgehead atoms. The van der Waals surface area contributed by atoms with Crippen LogP contribution >= 0.6 is 0 Å². The largest absolute Gasteiger partial charge is 0.464 e. The molecule has 0 saturated heterocycles. The Morgan fingerprint density at radius 1 is 1.04 bits per heavy atom. The summed E-state index contributed by atoms with van der Waals surface area (Å²) in [6.45, 7) is -3.25. The third kappa shape index (κ3) is 3.57. The highest BCUT2D eigenvalue weighted by Crippen LogP contribution is 2.30. The van der Waals surface area contributed by atoms with Crippen molar-refractivity contribution in [2.24, 2.45) is 0 Å². The predicted octanol–water partition coefficient (Wildman–Crippen LogP) is 3.16. The molecule has 0 fully saturated rings. The third-order valence-corrected chi connectivity index (χ3v) is 4.49. The molecular weight excluding hydrogens is 332 g/mol. The maximum atomic E-state index is 12.6. The molecule has 0 unspecified atom stereocenters. The summed E-state index contributed by atoms with van der Waals surface area (Å²) >= 11 is 0. The zero-order valence-corrected chi connectivity index (χ0v) is 12.3. The lowest BCUT2D eigenvalue weighted by molar-refractivity contribution is -0.0517. The van der Waals surface area contributed by atoms with E-state index in [4.69, 9.17) is 0 Å². The summed E-state index contributed by atoms with van der Waals surface area (Å²) in [7, 11) is -4.65. The second-order valence-corrected chi connectivity index (χ2v) is 5.97. The van der Waals surface area contributed by atoms with E-state index >= 15 is 0 Å². The second kappa shape index (κ2) is 6.61. The van der Waals surface area contributed by atoms with Gasteiger partial charge < -0.3 is 9.84 Å². The molecule has 9 heteroatoms. The highest BCUT2D eigenvalue weighted by molar-refractivity contribution is 7.93. The van der Waals surface area contributed by atoms with Crippen molar-refractivity contribution in [3.8, 4) is 5.75 Å². The third-order valence-electron chi connectivity index (χ3n) is 2.75. The fourth-order valence-electron chi connectivity index (χ4n) is 1.87. The molecular formula is C14H11F2NO5S. The normalized spacial score (nSPS) is 11.3. The minimum absolute atomic E-state index is 0.0979. The van der Waals surface area contributed by atoms with Gasteiger partial charge in [-0.3, -0.25) is 0 Å². The Morgan fingerprint density at radius 2 is 1.61 bits per heavy atom. The number of rotatable bonds is 5. The van der Waals surface area contributed by atoms with E-state index in [9.17, 15) is 27.1 Å². The summed E-state index contributed by atoms with van der Waals surface area (Å²) in [5, 5.41) is 9.25. The second-order valence-electron chi connectivity index (χ2n) is 4.21. The predicted molar refractivity (Wildman–Crippen MR) is 77.2 cm³/mol. The number of para-hydroxylation sites is 2. The van der Waals surface area contributed by atoms with Crippen molar-refractivity contribution >= 4 is 21.8 Å². The maximum absolute atomic E-state index is 12.6. The quantitative estimate of drug-likeness (QED) is 0.901. The number of halogens is 2. The Morgan fingerprint density at radius 3 is 2.17 bits per heavy atom. The fourth-order valence-corrected chi connectivity index (χ4v) is 3.29. The van der Waals surface area contributed by atoms with Crippen LogP contribution in [-0.2, 0) is 10.0 Å². The van der Waals surface area contributed by atoms with Gasteiger partial charge >= 0.3 is 12.7 Å². The first-order valence-electron chi connectivity index (χ1n) is 6.21. The van der Waals surface area contributed by atoms with Crippen molar-refractivity contribution in [1.29, 1.82) is 0 Å². The van der Waals surface area contributed by atoms with Crippen LogP contribution in [0.15, 0.2) is 59.5 Å². The van der Waals surface area contributed by atoms with Crippen LogP contribution in [0.25, 0.3) is 0 Å². The van der Waals surface area contributed by atoms with Gasteiger partial charge in [0.2, 0.25) is 0 Å². The van der Waals surface area contributed by atoms with Gasteiger partial charge in [-0.1, -0.05) is 30.3 Å². The van der Waals surface area contributed by atoms with Crippen molar-refractivity contribution in [1.82, 2.24) is 0 Å². The van der Waals surface area contributed by atoms with Gasteiger partial charge in [0.1, 0.15) is 10.6 Å². The molecule has 122 valence electrons. The van der Waals surface area contributed by atoms with Crippen molar-refractivity contribution < 1.29 is 31.8 Å². The first kappa shape index (κ1) is 16.7. The highest BCUT2D eigenvalue weighted by Gasteiger charge is 2.33. The lowest BCUT2D eigenvalue weighted by Crippen LogP contribution is -2.36. The molecule has 0 radical (unpaired) electrons. The van der Waals surface area contributed by atoms with E-state index in [1.165, 1.54) is 36.4 Å². The average molecular weight is 343 g/mol. The summed E-state index contributed by atoms with van der Waals surface area (Å²) in [6, 6.07) is 11.6. The average Bonchev–Trinajstić information content (AvgIpc) is 2.47. The minimum atomic E-state index is -4.65. The Labute approximate surface area is 130 Å². The van der Waals surface area contributed by atoms with E-state index in [2.05, 4.69) is 4.74 Å². The van der Waals surface area contributed by atoms with E-state index < -0.39 is 33.4 Å². The number of benzene rings is 2. The van der Waals surface area contributed by atoms with Crippen LogP contribution in [0.2, 0.25) is 0 Å². The van der Waals surface area contributed by atoms with Crippen LogP contribution in [-0.4, -0.2) is 26.2 Å². The van der Waals surface area contributed by atoms with Crippen molar-refractivity contribution in [2.75, 3.05) is 4.31 Å². The van der Waals surface area contributed by atoms with Gasteiger partial charge in [-0.25, -0.2) is 13.2 Å². The van der Waals surface area contributed by atoms with Gasteiger partial charge in [-0.05, 0) is 24.3 Å². The van der Waals surface area contributed by atoms with E-state index in [1.807, 2.05) is 0 Å². The topological polar surface area (TPSA) is 83.9 Å². The van der Waals surface area contributed by atoms with Gasteiger partial charge in [0, 0.05) is 0 Å². The summed E-state index contributed by atoms with van der Waals surface area (Å²) in [6.07, 6.45) is -1.77. The lowest BCUT2D eigenvalue weighted by atomic mass is 10.3. The molecule has 23 heavy (non-hydrogen) atoms. The van der Waals surface area contributed by atoms with Crippen LogP contribution in [0.5, 0.6) is 5.75 Å². The lowest BCUT2D eigenvalue weighted by Gasteiger charge is -2.20. The van der Waals surface area contributed by atoms with E-state index in [-0.39, 0.29) is 9.99 Å². The molecule has 0 aromatic heterocycles. The van der Waals surface area contributed by atoms with Crippen LogP contribution in [0.3, 0.4) is 0 Å². The number of alkyl halides is 2. The summed E-state index contributed by atoms with van der Waals surface area (Å²) < 4.78 is 54.3. The van der Waals surface area contributed by atoms with E-state index in [0.29, 0.717) is 0 Å². The Kier molecular flexibility index (Phi) is 4.80.